The van der Waals surface area contributed by atoms with Crippen molar-refractivity contribution in [1.82, 2.24) is 14.9 Å². The Morgan fingerprint density at radius 2 is 1.80 bits per heavy atom. The highest BCUT2D eigenvalue weighted by Gasteiger charge is 2.20. The second-order valence-corrected chi connectivity index (χ2v) is 8.33. The van der Waals surface area contributed by atoms with E-state index in [-0.39, 0.29) is 24.1 Å². The number of carbonyl (C=O) groups is 2. The van der Waals surface area contributed by atoms with Crippen molar-refractivity contribution in [3.05, 3.63) is 102 Å². The summed E-state index contributed by atoms with van der Waals surface area (Å²) in [6.07, 6.45) is 1.86. The number of amides is 2. The molecule has 0 saturated heterocycles. The third-order valence-corrected chi connectivity index (χ3v) is 5.74. The van der Waals surface area contributed by atoms with Gasteiger partial charge in [0, 0.05) is 42.2 Å². The molecule has 1 aromatic heterocycles. The number of rotatable bonds is 5. The van der Waals surface area contributed by atoms with Gasteiger partial charge in [0.2, 0.25) is 11.9 Å². The van der Waals surface area contributed by atoms with Crippen LogP contribution in [-0.2, 0) is 17.8 Å². The van der Waals surface area contributed by atoms with Crippen LogP contribution in [0.15, 0.2) is 79.0 Å². The highest BCUT2D eigenvalue weighted by atomic mass is 19.1. The summed E-state index contributed by atoms with van der Waals surface area (Å²) in [4.78, 5) is 35.6. The fraction of sp³-hybridized carbons (Fsp3) is 0.111. The number of carbonyl (C=O) groups excluding carboxylic acids is 2. The predicted octanol–water partition coefficient (Wildman–Crippen LogP) is 4.79. The van der Waals surface area contributed by atoms with Crippen molar-refractivity contribution in [3.8, 4) is 11.3 Å². The van der Waals surface area contributed by atoms with Gasteiger partial charge in [-0.2, -0.15) is 0 Å². The van der Waals surface area contributed by atoms with Gasteiger partial charge < -0.3 is 15.5 Å². The van der Waals surface area contributed by atoms with Gasteiger partial charge in [-0.05, 0) is 48.0 Å². The lowest BCUT2D eigenvalue weighted by Gasteiger charge is -2.17. The van der Waals surface area contributed by atoms with Crippen molar-refractivity contribution in [3.63, 3.8) is 0 Å². The first kappa shape index (κ1) is 22.2. The van der Waals surface area contributed by atoms with Crippen molar-refractivity contribution in [2.24, 2.45) is 0 Å². The van der Waals surface area contributed by atoms with E-state index in [1.165, 1.54) is 12.1 Å². The summed E-state index contributed by atoms with van der Waals surface area (Å²) in [5.74, 6) is -0.167. The van der Waals surface area contributed by atoms with E-state index in [9.17, 15) is 14.0 Å². The molecule has 0 saturated carbocycles. The molecule has 0 radical (unpaired) electrons. The van der Waals surface area contributed by atoms with Gasteiger partial charge in [-0.1, -0.05) is 30.3 Å². The van der Waals surface area contributed by atoms with Gasteiger partial charge in [0.1, 0.15) is 5.82 Å². The Kier molecular flexibility index (Phi) is 5.93. The maximum absolute atomic E-state index is 13.1. The molecule has 3 aromatic carbocycles. The zero-order valence-electron chi connectivity index (χ0n) is 19.0. The van der Waals surface area contributed by atoms with Crippen LogP contribution in [0.1, 0.15) is 21.5 Å². The number of fused-ring (bicyclic) bond motifs is 3. The van der Waals surface area contributed by atoms with Gasteiger partial charge in [-0.15, -0.1) is 0 Å². The molecule has 7 nitrogen and oxygen atoms in total. The Balaban J connectivity index is 1.31. The average molecular weight is 468 g/mol. The third kappa shape index (κ3) is 4.86. The second-order valence-electron chi connectivity index (χ2n) is 8.33. The van der Waals surface area contributed by atoms with Crippen LogP contribution in [0.4, 0.5) is 21.7 Å². The molecule has 0 unspecified atom stereocenters. The van der Waals surface area contributed by atoms with Gasteiger partial charge in [0.25, 0.3) is 5.91 Å². The molecule has 1 aliphatic rings. The van der Waals surface area contributed by atoms with Crippen molar-refractivity contribution < 1.29 is 14.0 Å². The standard InChI is InChI=1S/C27H22FN5O2/c1-33(16-17-6-10-20(28)11-7-17)26(35)18-8-12-21(13-9-18)30-27-29-15-19-14-24(34)31-23-5-3-2-4-22(23)25(19)32-27/h2-13,15H,14,16H2,1H3,(H,31,34)(H,29,30,32). The molecule has 4 aromatic rings. The number of anilines is 3. The highest BCUT2D eigenvalue weighted by molar-refractivity contribution is 6.00. The first-order valence-electron chi connectivity index (χ1n) is 11.1. The average Bonchev–Trinajstić information content (AvgIpc) is 3.00. The van der Waals surface area contributed by atoms with Gasteiger partial charge >= 0.3 is 0 Å². The minimum atomic E-state index is -0.307. The first-order valence-corrected chi connectivity index (χ1v) is 11.1. The van der Waals surface area contributed by atoms with Crippen LogP contribution in [0.2, 0.25) is 0 Å². The van der Waals surface area contributed by atoms with Crippen molar-refractivity contribution in [2.45, 2.75) is 13.0 Å². The van der Waals surface area contributed by atoms with Gasteiger partial charge in [0.15, 0.2) is 0 Å². The zero-order valence-corrected chi connectivity index (χ0v) is 19.0. The summed E-state index contributed by atoms with van der Waals surface area (Å²) in [7, 11) is 1.71. The molecular weight excluding hydrogens is 445 g/mol. The molecule has 2 amide bonds. The number of nitrogens with zero attached hydrogens (tertiary/aromatic N) is 3. The number of hydrogen-bond donors (Lipinski definition) is 2. The lowest BCUT2D eigenvalue weighted by Crippen LogP contribution is -2.26. The number of benzene rings is 3. The second kappa shape index (κ2) is 9.34. The SMILES string of the molecule is CN(Cc1ccc(F)cc1)C(=O)c1ccc(Nc2ncc3c(n2)-c2ccccc2NC(=O)C3)cc1. The van der Waals surface area contributed by atoms with Gasteiger partial charge in [0.05, 0.1) is 17.8 Å². The summed E-state index contributed by atoms with van der Waals surface area (Å²) in [6.45, 7) is 0.376. The smallest absolute Gasteiger partial charge is 0.253 e. The summed E-state index contributed by atoms with van der Waals surface area (Å²) < 4.78 is 13.1. The van der Waals surface area contributed by atoms with Gasteiger partial charge in [-0.25, -0.2) is 14.4 Å². The molecular formula is C27H22FN5O2. The first-order chi connectivity index (χ1) is 17.0. The Hall–Kier alpha value is -4.59. The van der Waals surface area contributed by atoms with Crippen molar-refractivity contribution >= 4 is 29.1 Å². The Morgan fingerprint density at radius 3 is 2.57 bits per heavy atom. The fourth-order valence-electron chi connectivity index (χ4n) is 3.98. The topological polar surface area (TPSA) is 87.2 Å². The molecule has 0 atom stereocenters. The van der Waals surface area contributed by atoms with E-state index in [1.54, 1.807) is 54.5 Å². The van der Waals surface area contributed by atoms with Gasteiger partial charge in [-0.3, -0.25) is 9.59 Å². The molecule has 35 heavy (non-hydrogen) atoms. The lowest BCUT2D eigenvalue weighted by atomic mass is 10.1. The normalized spacial score (nSPS) is 12.1. The Labute approximate surface area is 201 Å². The number of hydrogen-bond acceptors (Lipinski definition) is 5. The van der Waals surface area contributed by atoms with Crippen LogP contribution in [0.5, 0.6) is 0 Å². The van der Waals surface area contributed by atoms with Crippen LogP contribution < -0.4 is 10.6 Å². The summed E-state index contributed by atoms with van der Waals surface area (Å²) in [5.41, 5.74) is 5.10. The summed E-state index contributed by atoms with van der Waals surface area (Å²) in [5, 5.41) is 6.07. The molecule has 1 aliphatic heterocycles. The maximum atomic E-state index is 13.1. The Bertz CT molecular complexity index is 1400. The molecule has 2 N–H and O–H groups in total. The van der Waals surface area contributed by atoms with E-state index in [2.05, 4.69) is 20.6 Å². The Morgan fingerprint density at radius 1 is 1.06 bits per heavy atom. The number of para-hydroxylation sites is 1. The monoisotopic (exact) mass is 467 g/mol. The molecule has 8 heteroatoms. The number of nitrogens with one attached hydrogen (secondary N) is 2. The van der Waals surface area contributed by atoms with E-state index in [0.29, 0.717) is 29.4 Å². The zero-order chi connectivity index (χ0) is 24.4. The van der Waals surface area contributed by atoms with Crippen LogP contribution in [0, 0.1) is 5.82 Å². The summed E-state index contributed by atoms with van der Waals surface area (Å²) in [6, 6.07) is 20.6. The lowest BCUT2D eigenvalue weighted by molar-refractivity contribution is -0.115. The highest BCUT2D eigenvalue weighted by Crippen LogP contribution is 2.32. The molecule has 2 heterocycles. The molecule has 0 fully saturated rings. The summed E-state index contributed by atoms with van der Waals surface area (Å²) >= 11 is 0. The van der Waals surface area contributed by atoms with E-state index in [0.717, 1.165) is 22.4 Å². The molecule has 0 spiro atoms. The largest absolute Gasteiger partial charge is 0.337 e. The predicted molar refractivity (Wildman–Crippen MR) is 132 cm³/mol. The van der Waals surface area contributed by atoms with E-state index < -0.39 is 0 Å². The maximum Gasteiger partial charge on any atom is 0.253 e. The molecule has 0 bridgehead atoms. The van der Waals surface area contributed by atoms with Crippen LogP contribution in [0.3, 0.4) is 0 Å². The molecule has 174 valence electrons. The van der Waals surface area contributed by atoms with E-state index in [4.69, 9.17) is 0 Å². The van der Waals surface area contributed by atoms with Crippen molar-refractivity contribution in [1.29, 1.82) is 0 Å². The molecule has 0 aliphatic carbocycles. The quantitative estimate of drug-likeness (QED) is 0.441. The van der Waals surface area contributed by atoms with E-state index >= 15 is 0 Å². The van der Waals surface area contributed by atoms with Crippen LogP contribution in [0.25, 0.3) is 11.3 Å². The third-order valence-electron chi connectivity index (χ3n) is 5.74. The van der Waals surface area contributed by atoms with Crippen LogP contribution >= 0.6 is 0 Å². The number of aromatic nitrogens is 2. The van der Waals surface area contributed by atoms with E-state index in [1.807, 2.05) is 24.3 Å². The minimum absolute atomic E-state index is 0.106. The molecule has 5 rings (SSSR count). The minimum Gasteiger partial charge on any atom is -0.337 e. The fourth-order valence-corrected chi connectivity index (χ4v) is 3.98. The number of halogens is 1. The van der Waals surface area contributed by atoms with Crippen molar-refractivity contribution in [2.75, 3.05) is 17.7 Å². The van der Waals surface area contributed by atoms with Crippen LogP contribution in [-0.4, -0.2) is 33.7 Å².